The summed E-state index contributed by atoms with van der Waals surface area (Å²) in [6, 6.07) is 8.15. The largest absolute Gasteiger partial charge is 0.372 e. The molecule has 0 radical (unpaired) electrons. The van der Waals surface area contributed by atoms with Crippen molar-refractivity contribution in [3.8, 4) is 0 Å². The Morgan fingerprint density at radius 1 is 1.11 bits per heavy atom. The molecule has 1 aromatic rings. The first-order chi connectivity index (χ1) is 8.76. The predicted octanol–water partition coefficient (Wildman–Crippen LogP) is 3.91. The van der Waals surface area contributed by atoms with Gasteiger partial charge in [0.1, 0.15) is 0 Å². The van der Waals surface area contributed by atoms with Crippen LogP contribution in [0.15, 0.2) is 24.3 Å². The van der Waals surface area contributed by atoms with Gasteiger partial charge in [-0.25, -0.2) is 0 Å². The van der Waals surface area contributed by atoms with Crippen LogP contribution >= 0.6 is 0 Å². The van der Waals surface area contributed by atoms with Crippen LogP contribution < -0.4 is 4.90 Å². The summed E-state index contributed by atoms with van der Waals surface area (Å²) in [6.07, 6.45) is 4.59. The molecule has 0 aromatic heterocycles. The zero-order valence-corrected chi connectivity index (χ0v) is 11.5. The molecule has 1 aliphatic carbocycles. The van der Waals surface area contributed by atoms with Crippen molar-refractivity contribution in [3.05, 3.63) is 29.8 Å². The molecule has 0 N–H and O–H groups in total. The normalized spacial score (nSPS) is 15.9. The Morgan fingerprint density at radius 2 is 1.67 bits per heavy atom. The molecule has 0 heterocycles. The van der Waals surface area contributed by atoms with Gasteiger partial charge in [0.25, 0.3) is 0 Å². The molecule has 0 unspecified atom stereocenters. The second-order valence-corrected chi connectivity index (χ2v) is 5.06. The van der Waals surface area contributed by atoms with E-state index in [1.807, 2.05) is 12.1 Å². The van der Waals surface area contributed by atoms with Crippen molar-refractivity contribution in [1.29, 1.82) is 0 Å². The van der Waals surface area contributed by atoms with Crippen LogP contribution in [0.25, 0.3) is 0 Å². The molecule has 0 atom stereocenters. The van der Waals surface area contributed by atoms with Crippen molar-refractivity contribution in [3.63, 3.8) is 0 Å². The van der Waals surface area contributed by atoms with Gasteiger partial charge in [0.15, 0.2) is 5.78 Å². The lowest BCUT2D eigenvalue weighted by Crippen LogP contribution is -2.21. The van der Waals surface area contributed by atoms with Gasteiger partial charge in [0, 0.05) is 30.3 Å². The van der Waals surface area contributed by atoms with Crippen molar-refractivity contribution in [2.45, 2.75) is 39.5 Å². The molecule has 2 nitrogen and oxygen atoms in total. The van der Waals surface area contributed by atoms with E-state index in [-0.39, 0.29) is 5.92 Å². The van der Waals surface area contributed by atoms with Gasteiger partial charge in [-0.05, 0) is 51.0 Å². The highest BCUT2D eigenvalue weighted by Crippen LogP contribution is 2.28. The van der Waals surface area contributed by atoms with Crippen molar-refractivity contribution < 1.29 is 4.79 Å². The minimum atomic E-state index is 0.282. The van der Waals surface area contributed by atoms with E-state index in [4.69, 9.17) is 0 Å². The molecule has 98 valence electrons. The van der Waals surface area contributed by atoms with E-state index in [1.54, 1.807) is 0 Å². The second-order valence-electron chi connectivity index (χ2n) is 5.06. The summed E-state index contributed by atoms with van der Waals surface area (Å²) < 4.78 is 0. The van der Waals surface area contributed by atoms with E-state index < -0.39 is 0 Å². The molecule has 1 aliphatic rings. The van der Waals surface area contributed by atoms with Gasteiger partial charge in [-0.2, -0.15) is 0 Å². The fraction of sp³-hybridized carbons (Fsp3) is 0.562. The lowest BCUT2D eigenvalue weighted by molar-refractivity contribution is 0.0923. The van der Waals surface area contributed by atoms with E-state index in [9.17, 15) is 4.79 Å². The summed E-state index contributed by atoms with van der Waals surface area (Å²) in [5.41, 5.74) is 2.10. The molecular formula is C16H23NO. The van der Waals surface area contributed by atoms with Gasteiger partial charge in [-0.15, -0.1) is 0 Å². The summed E-state index contributed by atoms with van der Waals surface area (Å²) in [7, 11) is 0. The highest BCUT2D eigenvalue weighted by Gasteiger charge is 2.23. The van der Waals surface area contributed by atoms with Crippen LogP contribution in [0.2, 0.25) is 0 Å². The summed E-state index contributed by atoms with van der Waals surface area (Å²) in [4.78, 5) is 14.5. The molecule has 0 spiro atoms. The maximum absolute atomic E-state index is 12.3. The van der Waals surface area contributed by atoms with Crippen LogP contribution in [-0.2, 0) is 0 Å². The summed E-state index contributed by atoms with van der Waals surface area (Å²) in [6.45, 7) is 6.32. The van der Waals surface area contributed by atoms with Gasteiger partial charge >= 0.3 is 0 Å². The SMILES string of the molecule is CCN(CC)c1ccc(C(=O)C2CCCC2)cc1. The minimum absolute atomic E-state index is 0.282. The highest BCUT2D eigenvalue weighted by molar-refractivity contribution is 5.98. The Labute approximate surface area is 110 Å². The van der Waals surface area contributed by atoms with E-state index in [2.05, 4.69) is 30.9 Å². The molecule has 1 saturated carbocycles. The standard InChI is InChI=1S/C16H23NO/c1-3-17(4-2)15-11-9-14(10-12-15)16(18)13-7-5-6-8-13/h9-13H,3-8H2,1-2H3. The molecule has 1 aromatic carbocycles. The fourth-order valence-corrected chi connectivity index (χ4v) is 2.85. The van der Waals surface area contributed by atoms with Crippen LogP contribution in [0, 0.1) is 5.92 Å². The summed E-state index contributed by atoms with van der Waals surface area (Å²) in [5.74, 6) is 0.628. The van der Waals surface area contributed by atoms with E-state index in [0.717, 1.165) is 31.5 Å². The minimum Gasteiger partial charge on any atom is -0.372 e. The van der Waals surface area contributed by atoms with Crippen molar-refractivity contribution in [1.82, 2.24) is 0 Å². The van der Waals surface area contributed by atoms with Gasteiger partial charge in [-0.3, -0.25) is 4.79 Å². The average Bonchev–Trinajstić information content (AvgIpc) is 2.94. The second kappa shape index (κ2) is 6.03. The Balaban J connectivity index is 2.09. The number of hydrogen-bond acceptors (Lipinski definition) is 2. The van der Waals surface area contributed by atoms with Crippen molar-refractivity contribution in [2.75, 3.05) is 18.0 Å². The number of carbonyl (C=O) groups excluding carboxylic acids is 1. The first-order valence-corrected chi connectivity index (χ1v) is 7.15. The monoisotopic (exact) mass is 245 g/mol. The third-order valence-electron chi connectivity index (χ3n) is 4.01. The topological polar surface area (TPSA) is 20.3 Å². The van der Waals surface area contributed by atoms with E-state index in [1.165, 1.54) is 18.5 Å². The van der Waals surface area contributed by atoms with E-state index >= 15 is 0 Å². The van der Waals surface area contributed by atoms with Crippen molar-refractivity contribution >= 4 is 11.5 Å². The number of ketones is 1. The first kappa shape index (κ1) is 13.1. The zero-order valence-electron chi connectivity index (χ0n) is 11.5. The lowest BCUT2D eigenvalue weighted by atomic mass is 9.96. The number of carbonyl (C=O) groups is 1. The van der Waals surface area contributed by atoms with Crippen LogP contribution in [0.1, 0.15) is 49.9 Å². The Hall–Kier alpha value is -1.31. The Morgan fingerprint density at radius 3 is 2.17 bits per heavy atom. The van der Waals surface area contributed by atoms with Crippen molar-refractivity contribution in [2.24, 2.45) is 5.92 Å². The Kier molecular flexibility index (Phi) is 4.40. The molecule has 1 fully saturated rings. The molecule has 0 amide bonds. The quantitative estimate of drug-likeness (QED) is 0.733. The number of rotatable bonds is 5. The van der Waals surface area contributed by atoms with Crippen LogP contribution in [-0.4, -0.2) is 18.9 Å². The molecular weight excluding hydrogens is 222 g/mol. The zero-order chi connectivity index (χ0) is 13.0. The number of nitrogens with zero attached hydrogens (tertiary/aromatic N) is 1. The average molecular weight is 245 g/mol. The number of benzene rings is 1. The maximum Gasteiger partial charge on any atom is 0.165 e. The third kappa shape index (κ3) is 2.74. The maximum atomic E-state index is 12.3. The van der Waals surface area contributed by atoms with Crippen LogP contribution in [0.3, 0.4) is 0 Å². The molecule has 18 heavy (non-hydrogen) atoms. The highest BCUT2D eigenvalue weighted by atomic mass is 16.1. The third-order valence-corrected chi connectivity index (χ3v) is 4.01. The summed E-state index contributed by atoms with van der Waals surface area (Å²) >= 11 is 0. The number of anilines is 1. The van der Waals surface area contributed by atoms with Gasteiger partial charge in [0.05, 0.1) is 0 Å². The lowest BCUT2D eigenvalue weighted by Gasteiger charge is -2.21. The number of hydrogen-bond donors (Lipinski definition) is 0. The molecule has 2 heteroatoms. The number of Topliss-reactive ketones (excluding diaryl/α,β-unsaturated/α-hetero) is 1. The first-order valence-electron chi connectivity index (χ1n) is 7.15. The molecule has 0 saturated heterocycles. The van der Waals surface area contributed by atoms with Gasteiger partial charge in [-0.1, -0.05) is 12.8 Å². The summed E-state index contributed by atoms with van der Waals surface area (Å²) in [5, 5.41) is 0. The van der Waals surface area contributed by atoms with Gasteiger partial charge in [0.2, 0.25) is 0 Å². The predicted molar refractivity (Wildman–Crippen MR) is 76.3 cm³/mol. The van der Waals surface area contributed by atoms with Crippen LogP contribution in [0.4, 0.5) is 5.69 Å². The smallest absolute Gasteiger partial charge is 0.165 e. The van der Waals surface area contributed by atoms with Gasteiger partial charge < -0.3 is 4.90 Å². The van der Waals surface area contributed by atoms with Crippen LogP contribution in [0.5, 0.6) is 0 Å². The molecule has 0 bridgehead atoms. The molecule has 2 rings (SSSR count). The molecule has 0 aliphatic heterocycles. The fourth-order valence-electron chi connectivity index (χ4n) is 2.85. The van der Waals surface area contributed by atoms with E-state index in [0.29, 0.717) is 5.78 Å². The Bertz CT molecular complexity index is 386.